The van der Waals surface area contributed by atoms with E-state index >= 15 is 0 Å². The van der Waals surface area contributed by atoms with E-state index in [4.69, 9.17) is 10.5 Å². The Morgan fingerprint density at radius 2 is 2.21 bits per heavy atom. The lowest BCUT2D eigenvalue weighted by molar-refractivity contribution is 0.411. The molecule has 76 valence electrons. The number of benzene rings is 1. The van der Waals surface area contributed by atoms with Crippen LogP contribution in [0.1, 0.15) is 11.1 Å². The largest absolute Gasteiger partial charge is 0.496 e. The molecule has 2 nitrogen and oxygen atoms in total. The minimum Gasteiger partial charge on any atom is -0.496 e. The van der Waals surface area contributed by atoms with Gasteiger partial charge in [-0.3, -0.25) is 0 Å². The zero-order chi connectivity index (χ0) is 10.7. The highest BCUT2D eigenvalue weighted by molar-refractivity contribution is 5.70. The zero-order valence-electron chi connectivity index (χ0n) is 8.43. The summed E-state index contributed by atoms with van der Waals surface area (Å²) >= 11 is 0. The predicted octanol–water partition coefficient (Wildman–Crippen LogP) is 2.11. The van der Waals surface area contributed by atoms with Crippen LogP contribution in [0.4, 0.5) is 4.39 Å². The number of hydrogen-bond donors (Lipinski definition) is 1. The Labute approximate surface area is 83.2 Å². The summed E-state index contributed by atoms with van der Waals surface area (Å²) in [4.78, 5) is 0. The first-order valence-corrected chi connectivity index (χ1v) is 4.32. The van der Waals surface area contributed by atoms with Gasteiger partial charge in [0, 0.05) is 12.1 Å². The van der Waals surface area contributed by atoms with Gasteiger partial charge < -0.3 is 10.5 Å². The molecule has 3 heteroatoms. The van der Waals surface area contributed by atoms with Crippen LogP contribution >= 0.6 is 0 Å². The normalized spacial score (nSPS) is 10.0. The minimum atomic E-state index is -0.268. The predicted molar refractivity (Wildman–Crippen MR) is 55.8 cm³/mol. The van der Waals surface area contributed by atoms with Crippen LogP contribution in [-0.2, 0) is 0 Å². The molecule has 0 aromatic heterocycles. The van der Waals surface area contributed by atoms with Gasteiger partial charge in [-0.25, -0.2) is 4.39 Å². The smallest absolute Gasteiger partial charge is 0.126 e. The molecule has 0 unspecified atom stereocenters. The number of ether oxygens (including phenoxy) is 1. The van der Waals surface area contributed by atoms with Crippen LogP contribution in [0.2, 0.25) is 0 Å². The van der Waals surface area contributed by atoms with Gasteiger partial charge in [0.25, 0.3) is 0 Å². The molecule has 1 aromatic carbocycles. The molecule has 0 fully saturated rings. The highest BCUT2D eigenvalue weighted by atomic mass is 19.1. The molecule has 0 saturated heterocycles. The van der Waals surface area contributed by atoms with Crippen molar-refractivity contribution >= 4 is 5.57 Å². The highest BCUT2D eigenvalue weighted by Crippen LogP contribution is 2.27. The van der Waals surface area contributed by atoms with Gasteiger partial charge in [-0.1, -0.05) is 6.58 Å². The second kappa shape index (κ2) is 4.24. The molecule has 0 aliphatic carbocycles. The fraction of sp³-hybridized carbons (Fsp3) is 0.273. The van der Waals surface area contributed by atoms with Crippen molar-refractivity contribution in [1.82, 2.24) is 0 Å². The lowest BCUT2D eigenvalue weighted by atomic mass is 10.0. The molecular formula is C11H14FNO. The Hall–Kier alpha value is -1.35. The SMILES string of the molecule is C=C(CN)c1cc(F)c(C)cc1OC. The number of methoxy groups -OCH3 is 1. The fourth-order valence-electron chi connectivity index (χ4n) is 1.21. The Balaban J connectivity index is 3.27. The number of halogens is 1. The molecule has 0 spiro atoms. The van der Waals surface area contributed by atoms with E-state index in [1.807, 2.05) is 0 Å². The molecule has 0 atom stereocenters. The van der Waals surface area contributed by atoms with Gasteiger partial charge in [-0.05, 0) is 30.2 Å². The quantitative estimate of drug-likeness (QED) is 0.801. The van der Waals surface area contributed by atoms with E-state index in [9.17, 15) is 4.39 Å². The summed E-state index contributed by atoms with van der Waals surface area (Å²) in [6.07, 6.45) is 0. The topological polar surface area (TPSA) is 35.2 Å². The van der Waals surface area contributed by atoms with Gasteiger partial charge in [-0.2, -0.15) is 0 Å². The molecule has 0 amide bonds. The van der Waals surface area contributed by atoms with Gasteiger partial charge >= 0.3 is 0 Å². The van der Waals surface area contributed by atoms with Crippen LogP contribution < -0.4 is 10.5 Å². The van der Waals surface area contributed by atoms with Crippen LogP contribution in [0, 0.1) is 12.7 Å². The van der Waals surface area contributed by atoms with Crippen molar-refractivity contribution in [3.63, 3.8) is 0 Å². The summed E-state index contributed by atoms with van der Waals surface area (Å²) in [6.45, 7) is 5.73. The number of nitrogens with two attached hydrogens (primary N) is 1. The third kappa shape index (κ3) is 1.93. The Bertz CT molecular complexity index is 361. The summed E-state index contributed by atoms with van der Waals surface area (Å²) in [7, 11) is 1.54. The van der Waals surface area contributed by atoms with Crippen molar-refractivity contribution in [2.45, 2.75) is 6.92 Å². The summed E-state index contributed by atoms with van der Waals surface area (Å²) in [5.74, 6) is 0.342. The average Bonchev–Trinajstić information content (AvgIpc) is 2.20. The van der Waals surface area contributed by atoms with E-state index in [1.54, 1.807) is 20.1 Å². The van der Waals surface area contributed by atoms with Gasteiger partial charge in [0.1, 0.15) is 11.6 Å². The van der Waals surface area contributed by atoms with Crippen LogP contribution in [-0.4, -0.2) is 13.7 Å². The third-order valence-electron chi connectivity index (χ3n) is 2.11. The highest BCUT2D eigenvalue weighted by Gasteiger charge is 2.09. The average molecular weight is 195 g/mol. The molecule has 2 N–H and O–H groups in total. The summed E-state index contributed by atoms with van der Waals surface area (Å²) in [5.41, 5.74) is 7.29. The van der Waals surface area contributed by atoms with Crippen molar-refractivity contribution < 1.29 is 9.13 Å². The number of hydrogen-bond acceptors (Lipinski definition) is 2. The molecular weight excluding hydrogens is 181 g/mol. The maximum Gasteiger partial charge on any atom is 0.126 e. The van der Waals surface area contributed by atoms with Gasteiger partial charge in [0.2, 0.25) is 0 Å². The molecule has 0 radical (unpaired) electrons. The fourth-order valence-corrected chi connectivity index (χ4v) is 1.21. The Morgan fingerprint density at radius 1 is 1.57 bits per heavy atom. The van der Waals surface area contributed by atoms with Crippen LogP contribution in [0.3, 0.4) is 0 Å². The van der Waals surface area contributed by atoms with Crippen LogP contribution in [0.5, 0.6) is 5.75 Å². The van der Waals surface area contributed by atoms with E-state index in [0.717, 1.165) is 0 Å². The maximum atomic E-state index is 13.3. The summed E-state index contributed by atoms with van der Waals surface area (Å²) in [6, 6.07) is 3.05. The number of rotatable bonds is 3. The summed E-state index contributed by atoms with van der Waals surface area (Å²) < 4.78 is 18.4. The second-order valence-electron chi connectivity index (χ2n) is 3.11. The Morgan fingerprint density at radius 3 is 2.71 bits per heavy atom. The van der Waals surface area contributed by atoms with Gasteiger partial charge in [0.05, 0.1) is 7.11 Å². The first-order chi connectivity index (χ1) is 6.60. The molecule has 14 heavy (non-hydrogen) atoms. The second-order valence-corrected chi connectivity index (χ2v) is 3.11. The van der Waals surface area contributed by atoms with Crippen molar-refractivity contribution in [3.05, 3.63) is 35.7 Å². The van der Waals surface area contributed by atoms with E-state index in [2.05, 4.69) is 6.58 Å². The van der Waals surface area contributed by atoms with Crippen molar-refractivity contribution in [2.75, 3.05) is 13.7 Å². The molecule has 0 heterocycles. The third-order valence-corrected chi connectivity index (χ3v) is 2.11. The van der Waals surface area contributed by atoms with Crippen molar-refractivity contribution in [1.29, 1.82) is 0 Å². The van der Waals surface area contributed by atoms with Gasteiger partial charge in [-0.15, -0.1) is 0 Å². The number of aryl methyl sites for hydroxylation is 1. The first kappa shape index (κ1) is 10.7. The summed E-state index contributed by atoms with van der Waals surface area (Å²) in [5, 5.41) is 0. The molecule has 0 saturated carbocycles. The molecule has 0 aliphatic rings. The molecule has 0 aliphatic heterocycles. The first-order valence-electron chi connectivity index (χ1n) is 4.32. The lowest BCUT2D eigenvalue weighted by Crippen LogP contribution is -2.03. The molecule has 1 rings (SSSR count). The minimum absolute atomic E-state index is 0.268. The van der Waals surface area contributed by atoms with Crippen molar-refractivity contribution in [2.24, 2.45) is 5.73 Å². The molecule has 0 bridgehead atoms. The lowest BCUT2D eigenvalue weighted by Gasteiger charge is -2.11. The van der Waals surface area contributed by atoms with Crippen molar-refractivity contribution in [3.8, 4) is 5.75 Å². The van der Waals surface area contributed by atoms with E-state index < -0.39 is 0 Å². The zero-order valence-corrected chi connectivity index (χ0v) is 8.43. The molecule has 1 aromatic rings. The Kier molecular flexibility index (Phi) is 3.25. The van der Waals surface area contributed by atoms with E-state index in [0.29, 0.717) is 29.0 Å². The van der Waals surface area contributed by atoms with E-state index in [1.165, 1.54) is 6.07 Å². The maximum absolute atomic E-state index is 13.3. The van der Waals surface area contributed by atoms with Crippen LogP contribution in [0.25, 0.3) is 5.57 Å². The monoisotopic (exact) mass is 195 g/mol. The standard InChI is InChI=1S/C11H14FNO/c1-7-4-11(14-3)9(5-10(7)12)8(2)6-13/h4-5H,2,6,13H2,1,3H3. The van der Waals surface area contributed by atoms with Gasteiger partial charge in [0.15, 0.2) is 0 Å². The van der Waals surface area contributed by atoms with Crippen LogP contribution in [0.15, 0.2) is 18.7 Å². The van der Waals surface area contributed by atoms with E-state index in [-0.39, 0.29) is 5.82 Å².